The van der Waals surface area contributed by atoms with Crippen molar-refractivity contribution >= 4 is 11.6 Å². The molecule has 0 saturated heterocycles. The molecule has 0 bridgehead atoms. The largest absolute Gasteiger partial charge is 0.493 e. The molecule has 6 heteroatoms. The molecule has 0 aliphatic rings. The summed E-state index contributed by atoms with van der Waals surface area (Å²) in [6, 6.07) is 9.69. The standard InChI is InChI=1S/C14H10ClF3O2/c1-19-12-4-2-3-5-13(12)20-11-7-6-9(8-10(11)15)14(16,17)18/h2-8H,1H3. The minimum atomic E-state index is -4.44. The number of hydrogen-bond donors (Lipinski definition) is 0. The van der Waals surface area contributed by atoms with Crippen LogP contribution in [0.1, 0.15) is 5.56 Å². The number of methoxy groups -OCH3 is 1. The Hall–Kier alpha value is -1.88. The van der Waals surface area contributed by atoms with Gasteiger partial charge in [-0.3, -0.25) is 0 Å². The Bertz CT molecular complexity index is 612. The van der Waals surface area contributed by atoms with E-state index < -0.39 is 11.7 Å². The minimum absolute atomic E-state index is 0.120. The molecular formula is C14H10ClF3O2. The van der Waals surface area contributed by atoms with E-state index in [1.165, 1.54) is 13.2 Å². The van der Waals surface area contributed by atoms with Crippen LogP contribution in [0.2, 0.25) is 5.02 Å². The van der Waals surface area contributed by atoms with Crippen LogP contribution >= 0.6 is 11.6 Å². The first-order valence-corrected chi connectivity index (χ1v) is 5.97. The molecule has 0 saturated carbocycles. The molecule has 0 N–H and O–H groups in total. The lowest BCUT2D eigenvalue weighted by molar-refractivity contribution is -0.137. The number of rotatable bonds is 3. The van der Waals surface area contributed by atoms with Crippen LogP contribution in [0, 0.1) is 0 Å². The lowest BCUT2D eigenvalue weighted by Gasteiger charge is -2.13. The quantitative estimate of drug-likeness (QED) is 0.779. The Labute approximate surface area is 118 Å². The normalized spacial score (nSPS) is 11.2. The Morgan fingerprint density at radius 1 is 0.950 bits per heavy atom. The minimum Gasteiger partial charge on any atom is -0.493 e. The Morgan fingerprint density at radius 3 is 2.15 bits per heavy atom. The van der Waals surface area contributed by atoms with Crippen LogP contribution in [-0.4, -0.2) is 7.11 Å². The summed E-state index contributed by atoms with van der Waals surface area (Å²) >= 11 is 5.82. The fourth-order valence-electron chi connectivity index (χ4n) is 1.58. The summed E-state index contributed by atoms with van der Waals surface area (Å²) in [6.07, 6.45) is -4.44. The second kappa shape index (κ2) is 5.63. The van der Waals surface area contributed by atoms with Crippen LogP contribution in [0.25, 0.3) is 0 Å². The van der Waals surface area contributed by atoms with E-state index in [1.54, 1.807) is 24.3 Å². The van der Waals surface area contributed by atoms with Gasteiger partial charge in [-0.2, -0.15) is 13.2 Å². The zero-order valence-electron chi connectivity index (χ0n) is 10.4. The molecule has 0 amide bonds. The van der Waals surface area contributed by atoms with Gasteiger partial charge in [0.15, 0.2) is 11.5 Å². The van der Waals surface area contributed by atoms with E-state index in [1.807, 2.05) is 0 Å². The maximum absolute atomic E-state index is 12.5. The monoisotopic (exact) mass is 302 g/mol. The summed E-state index contributed by atoms with van der Waals surface area (Å²) in [4.78, 5) is 0. The molecule has 0 aliphatic carbocycles. The average molecular weight is 303 g/mol. The third-order valence-electron chi connectivity index (χ3n) is 2.55. The Balaban J connectivity index is 2.31. The molecule has 106 valence electrons. The molecular weight excluding hydrogens is 293 g/mol. The molecule has 2 aromatic carbocycles. The topological polar surface area (TPSA) is 18.5 Å². The fraction of sp³-hybridized carbons (Fsp3) is 0.143. The molecule has 2 aromatic rings. The van der Waals surface area contributed by atoms with Gasteiger partial charge in [0.05, 0.1) is 17.7 Å². The van der Waals surface area contributed by atoms with Crippen molar-refractivity contribution < 1.29 is 22.6 Å². The van der Waals surface area contributed by atoms with Gasteiger partial charge in [0.25, 0.3) is 0 Å². The summed E-state index contributed by atoms with van der Waals surface area (Å²) in [5.74, 6) is 0.962. The Kier molecular flexibility index (Phi) is 4.09. The van der Waals surface area contributed by atoms with Gasteiger partial charge in [-0.25, -0.2) is 0 Å². The van der Waals surface area contributed by atoms with Crippen molar-refractivity contribution in [1.29, 1.82) is 0 Å². The van der Waals surface area contributed by atoms with Crippen LogP contribution in [0.3, 0.4) is 0 Å². The van der Waals surface area contributed by atoms with Gasteiger partial charge in [0.2, 0.25) is 0 Å². The third kappa shape index (κ3) is 3.17. The molecule has 0 atom stereocenters. The SMILES string of the molecule is COc1ccccc1Oc1ccc(C(F)(F)F)cc1Cl. The van der Waals surface area contributed by atoms with Crippen molar-refractivity contribution in [2.24, 2.45) is 0 Å². The van der Waals surface area contributed by atoms with E-state index >= 15 is 0 Å². The van der Waals surface area contributed by atoms with Crippen LogP contribution in [0.5, 0.6) is 17.2 Å². The van der Waals surface area contributed by atoms with Crippen molar-refractivity contribution in [2.45, 2.75) is 6.18 Å². The van der Waals surface area contributed by atoms with Crippen LogP contribution in [0.4, 0.5) is 13.2 Å². The highest BCUT2D eigenvalue weighted by Crippen LogP contribution is 2.38. The smallest absolute Gasteiger partial charge is 0.416 e. The maximum Gasteiger partial charge on any atom is 0.416 e. The Morgan fingerprint density at radius 2 is 1.60 bits per heavy atom. The summed E-state index contributed by atoms with van der Waals surface area (Å²) in [5, 5.41) is -0.120. The molecule has 0 fully saturated rings. The summed E-state index contributed by atoms with van der Waals surface area (Å²) in [6.45, 7) is 0. The molecule has 0 aliphatic heterocycles. The number of benzene rings is 2. The van der Waals surface area contributed by atoms with E-state index in [9.17, 15) is 13.2 Å². The van der Waals surface area contributed by atoms with Gasteiger partial charge in [0.1, 0.15) is 5.75 Å². The molecule has 0 aromatic heterocycles. The second-order valence-electron chi connectivity index (χ2n) is 3.90. The molecule has 0 heterocycles. The molecule has 0 radical (unpaired) electrons. The van der Waals surface area contributed by atoms with Gasteiger partial charge >= 0.3 is 6.18 Å². The van der Waals surface area contributed by atoms with Crippen LogP contribution < -0.4 is 9.47 Å². The molecule has 2 rings (SSSR count). The van der Waals surface area contributed by atoms with E-state index in [-0.39, 0.29) is 10.8 Å². The molecule has 0 spiro atoms. The van der Waals surface area contributed by atoms with E-state index in [4.69, 9.17) is 21.1 Å². The number of halogens is 4. The van der Waals surface area contributed by atoms with E-state index in [2.05, 4.69) is 0 Å². The number of para-hydroxylation sites is 2. The highest BCUT2D eigenvalue weighted by atomic mass is 35.5. The van der Waals surface area contributed by atoms with Gasteiger partial charge in [-0.15, -0.1) is 0 Å². The van der Waals surface area contributed by atoms with Gasteiger partial charge < -0.3 is 9.47 Å². The van der Waals surface area contributed by atoms with Crippen molar-refractivity contribution in [3.63, 3.8) is 0 Å². The summed E-state index contributed by atoms with van der Waals surface area (Å²) in [5.41, 5.74) is -0.824. The van der Waals surface area contributed by atoms with Crippen LogP contribution in [-0.2, 0) is 6.18 Å². The molecule has 0 unspecified atom stereocenters. The van der Waals surface area contributed by atoms with E-state index in [0.29, 0.717) is 11.5 Å². The van der Waals surface area contributed by atoms with Crippen molar-refractivity contribution in [3.8, 4) is 17.2 Å². The number of alkyl halides is 3. The lowest BCUT2D eigenvalue weighted by atomic mass is 10.2. The summed E-state index contributed by atoms with van der Waals surface area (Å²) in [7, 11) is 1.47. The zero-order valence-corrected chi connectivity index (χ0v) is 11.1. The van der Waals surface area contributed by atoms with Gasteiger partial charge in [-0.05, 0) is 30.3 Å². The van der Waals surface area contributed by atoms with Crippen molar-refractivity contribution in [3.05, 3.63) is 53.1 Å². The predicted molar refractivity (Wildman–Crippen MR) is 69.5 cm³/mol. The second-order valence-corrected chi connectivity index (χ2v) is 4.30. The van der Waals surface area contributed by atoms with Gasteiger partial charge in [0, 0.05) is 0 Å². The summed E-state index contributed by atoms with van der Waals surface area (Å²) < 4.78 is 48.1. The fourth-order valence-corrected chi connectivity index (χ4v) is 1.80. The highest BCUT2D eigenvalue weighted by Gasteiger charge is 2.31. The van der Waals surface area contributed by atoms with Crippen molar-refractivity contribution in [1.82, 2.24) is 0 Å². The zero-order chi connectivity index (χ0) is 14.8. The third-order valence-corrected chi connectivity index (χ3v) is 2.84. The first kappa shape index (κ1) is 14.5. The molecule has 20 heavy (non-hydrogen) atoms. The average Bonchev–Trinajstić information content (AvgIpc) is 2.40. The lowest BCUT2D eigenvalue weighted by Crippen LogP contribution is -2.04. The van der Waals surface area contributed by atoms with Crippen molar-refractivity contribution in [2.75, 3.05) is 7.11 Å². The maximum atomic E-state index is 12.5. The highest BCUT2D eigenvalue weighted by molar-refractivity contribution is 6.32. The first-order valence-electron chi connectivity index (χ1n) is 5.59. The number of hydrogen-bond acceptors (Lipinski definition) is 2. The van der Waals surface area contributed by atoms with Gasteiger partial charge in [-0.1, -0.05) is 23.7 Å². The predicted octanol–water partition coefficient (Wildman–Crippen LogP) is 5.16. The van der Waals surface area contributed by atoms with E-state index in [0.717, 1.165) is 12.1 Å². The number of ether oxygens (including phenoxy) is 2. The first-order chi connectivity index (χ1) is 9.41. The van der Waals surface area contributed by atoms with Crippen LogP contribution in [0.15, 0.2) is 42.5 Å². The molecule has 2 nitrogen and oxygen atoms in total.